The Morgan fingerprint density at radius 3 is 3.13 bits per heavy atom. The summed E-state index contributed by atoms with van der Waals surface area (Å²) in [6.45, 7) is 1.09. The van der Waals surface area contributed by atoms with Crippen LogP contribution < -0.4 is 11.1 Å². The summed E-state index contributed by atoms with van der Waals surface area (Å²) >= 11 is 1.39. The number of aryl methyl sites for hydroxylation is 1. The van der Waals surface area contributed by atoms with Crippen molar-refractivity contribution in [1.82, 2.24) is 10.3 Å². The van der Waals surface area contributed by atoms with E-state index in [1.165, 1.54) is 11.3 Å². The predicted octanol–water partition coefficient (Wildman–Crippen LogP) is 0.420. The second-order valence-electron chi connectivity index (χ2n) is 3.02. The van der Waals surface area contributed by atoms with Gasteiger partial charge in [-0.3, -0.25) is 4.79 Å². The van der Waals surface area contributed by atoms with Gasteiger partial charge in [-0.1, -0.05) is 0 Å². The molecule has 0 aliphatic heterocycles. The lowest BCUT2D eigenvalue weighted by molar-refractivity contribution is -0.121. The monoisotopic (exact) mass is 229 g/mol. The van der Waals surface area contributed by atoms with E-state index in [-0.39, 0.29) is 5.91 Å². The van der Waals surface area contributed by atoms with E-state index < -0.39 is 0 Å². The van der Waals surface area contributed by atoms with Gasteiger partial charge in [0.2, 0.25) is 5.91 Å². The van der Waals surface area contributed by atoms with Crippen LogP contribution in [0, 0.1) is 0 Å². The third-order valence-electron chi connectivity index (χ3n) is 1.81. The first-order chi connectivity index (χ1) is 7.22. The zero-order chi connectivity index (χ0) is 11.1. The summed E-state index contributed by atoms with van der Waals surface area (Å²) in [5.41, 5.74) is 6.35. The maximum atomic E-state index is 11.3. The highest BCUT2D eigenvalue weighted by molar-refractivity contribution is 7.13. The minimum atomic E-state index is 0.0126. The number of carbonyl (C=O) groups is 1. The molecule has 3 N–H and O–H groups in total. The van der Waals surface area contributed by atoms with Crippen molar-refractivity contribution in [3.8, 4) is 0 Å². The van der Waals surface area contributed by atoms with Crippen molar-refractivity contribution in [2.24, 2.45) is 0 Å². The van der Waals surface area contributed by atoms with E-state index in [1.807, 2.05) is 5.38 Å². The number of nitrogen functional groups attached to an aromatic ring is 1. The molecule has 0 aliphatic rings. The number of nitrogens with one attached hydrogen (secondary N) is 1. The van der Waals surface area contributed by atoms with Gasteiger partial charge in [-0.2, -0.15) is 0 Å². The van der Waals surface area contributed by atoms with E-state index in [4.69, 9.17) is 10.5 Å². The van der Waals surface area contributed by atoms with Gasteiger partial charge in [0.25, 0.3) is 0 Å². The summed E-state index contributed by atoms with van der Waals surface area (Å²) in [5.74, 6) is 0.0126. The summed E-state index contributed by atoms with van der Waals surface area (Å²) < 4.78 is 4.82. The first-order valence-corrected chi connectivity index (χ1v) is 5.56. The molecule has 0 saturated carbocycles. The zero-order valence-electron chi connectivity index (χ0n) is 8.66. The summed E-state index contributed by atoms with van der Waals surface area (Å²) in [4.78, 5) is 15.3. The molecule has 1 rings (SSSR count). The third kappa shape index (κ3) is 4.75. The van der Waals surface area contributed by atoms with E-state index in [2.05, 4.69) is 10.3 Å². The van der Waals surface area contributed by atoms with E-state index in [1.54, 1.807) is 7.11 Å². The topological polar surface area (TPSA) is 77.2 Å². The number of anilines is 1. The van der Waals surface area contributed by atoms with Crippen LogP contribution >= 0.6 is 11.3 Å². The lowest BCUT2D eigenvalue weighted by Crippen LogP contribution is -2.27. The number of ether oxygens (including phenoxy) is 1. The van der Waals surface area contributed by atoms with Crippen LogP contribution in [0.5, 0.6) is 0 Å². The highest BCUT2D eigenvalue weighted by Gasteiger charge is 2.03. The smallest absolute Gasteiger partial charge is 0.220 e. The minimum Gasteiger partial charge on any atom is -0.383 e. The van der Waals surface area contributed by atoms with Crippen LogP contribution in [0.25, 0.3) is 0 Å². The van der Waals surface area contributed by atoms with Crippen molar-refractivity contribution in [3.63, 3.8) is 0 Å². The maximum absolute atomic E-state index is 11.3. The van der Waals surface area contributed by atoms with Gasteiger partial charge < -0.3 is 15.8 Å². The van der Waals surface area contributed by atoms with Crippen molar-refractivity contribution >= 4 is 22.4 Å². The Labute approximate surface area is 92.6 Å². The molecule has 1 aromatic rings. The number of methoxy groups -OCH3 is 1. The first-order valence-electron chi connectivity index (χ1n) is 4.68. The van der Waals surface area contributed by atoms with Gasteiger partial charge in [-0.05, 0) is 6.42 Å². The summed E-state index contributed by atoms with van der Waals surface area (Å²) in [5, 5.41) is 5.16. The highest BCUT2D eigenvalue weighted by atomic mass is 32.1. The number of hydrogen-bond donors (Lipinski definition) is 2. The van der Waals surface area contributed by atoms with Gasteiger partial charge in [0.05, 0.1) is 12.3 Å². The fourth-order valence-corrected chi connectivity index (χ4v) is 1.66. The van der Waals surface area contributed by atoms with E-state index >= 15 is 0 Å². The Morgan fingerprint density at radius 2 is 2.53 bits per heavy atom. The summed E-state index contributed by atoms with van der Waals surface area (Å²) in [6, 6.07) is 0. The molecule has 0 bridgehead atoms. The van der Waals surface area contributed by atoms with Crippen LogP contribution in [0.15, 0.2) is 5.38 Å². The van der Waals surface area contributed by atoms with Crippen LogP contribution in [-0.4, -0.2) is 31.2 Å². The average molecular weight is 229 g/mol. The van der Waals surface area contributed by atoms with Crippen LogP contribution in [0.3, 0.4) is 0 Å². The lowest BCUT2D eigenvalue weighted by atomic mass is 10.2. The van der Waals surface area contributed by atoms with Gasteiger partial charge in [0.1, 0.15) is 0 Å². The fourth-order valence-electron chi connectivity index (χ4n) is 1.06. The molecule has 0 aromatic carbocycles. The SMILES string of the molecule is COCCNC(=O)CCc1csc(N)n1. The van der Waals surface area contributed by atoms with E-state index in [0.717, 1.165) is 5.69 Å². The van der Waals surface area contributed by atoms with Crippen molar-refractivity contribution in [3.05, 3.63) is 11.1 Å². The average Bonchev–Trinajstić information content (AvgIpc) is 2.62. The number of hydrogen-bond acceptors (Lipinski definition) is 5. The third-order valence-corrected chi connectivity index (χ3v) is 2.53. The molecule has 0 unspecified atom stereocenters. The zero-order valence-corrected chi connectivity index (χ0v) is 9.47. The molecule has 6 heteroatoms. The molecule has 0 saturated heterocycles. The number of nitrogens with two attached hydrogens (primary N) is 1. The number of carbonyl (C=O) groups excluding carboxylic acids is 1. The molecular weight excluding hydrogens is 214 g/mol. The maximum Gasteiger partial charge on any atom is 0.220 e. The largest absolute Gasteiger partial charge is 0.383 e. The molecule has 1 amide bonds. The molecule has 1 aromatic heterocycles. The molecule has 0 fully saturated rings. The van der Waals surface area contributed by atoms with Gasteiger partial charge in [0, 0.05) is 25.5 Å². The number of rotatable bonds is 6. The van der Waals surface area contributed by atoms with Crippen molar-refractivity contribution in [1.29, 1.82) is 0 Å². The molecule has 5 nitrogen and oxygen atoms in total. The minimum absolute atomic E-state index is 0.0126. The molecule has 0 atom stereocenters. The van der Waals surface area contributed by atoms with Crippen LogP contribution in [-0.2, 0) is 16.0 Å². The number of nitrogens with zero attached hydrogens (tertiary/aromatic N) is 1. The summed E-state index contributed by atoms with van der Waals surface area (Å²) in [7, 11) is 1.60. The Morgan fingerprint density at radius 1 is 1.73 bits per heavy atom. The van der Waals surface area contributed by atoms with Crippen LogP contribution in [0.2, 0.25) is 0 Å². The Kier molecular flexibility index (Phi) is 5.06. The van der Waals surface area contributed by atoms with Crippen LogP contribution in [0.1, 0.15) is 12.1 Å². The Hall–Kier alpha value is -1.14. The highest BCUT2D eigenvalue weighted by Crippen LogP contribution is 2.12. The first kappa shape index (κ1) is 11.9. The molecule has 0 spiro atoms. The second-order valence-corrected chi connectivity index (χ2v) is 3.91. The van der Waals surface area contributed by atoms with Crippen LogP contribution in [0.4, 0.5) is 5.13 Å². The molecule has 1 heterocycles. The second kappa shape index (κ2) is 6.36. The Balaban J connectivity index is 2.16. The molecular formula is C9H15N3O2S. The van der Waals surface area contributed by atoms with E-state index in [9.17, 15) is 4.79 Å². The van der Waals surface area contributed by atoms with Crippen molar-refractivity contribution < 1.29 is 9.53 Å². The van der Waals surface area contributed by atoms with Crippen molar-refractivity contribution in [2.75, 3.05) is 26.0 Å². The number of amides is 1. The molecule has 0 aliphatic carbocycles. The lowest BCUT2D eigenvalue weighted by Gasteiger charge is -2.02. The Bertz CT molecular complexity index is 314. The molecule has 84 valence electrons. The normalized spacial score (nSPS) is 10.2. The van der Waals surface area contributed by atoms with Gasteiger partial charge in [-0.25, -0.2) is 4.98 Å². The van der Waals surface area contributed by atoms with Gasteiger partial charge in [0.15, 0.2) is 5.13 Å². The van der Waals surface area contributed by atoms with Gasteiger partial charge >= 0.3 is 0 Å². The van der Waals surface area contributed by atoms with E-state index in [0.29, 0.717) is 31.1 Å². The molecule has 15 heavy (non-hydrogen) atoms. The summed E-state index contributed by atoms with van der Waals surface area (Å²) in [6.07, 6.45) is 1.07. The number of aromatic nitrogens is 1. The number of thiazole rings is 1. The van der Waals surface area contributed by atoms with Gasteiger partial charge in [-0.15, -0.1) is 11.3 Å². The standard InChI is InChI=1S/C9H15N3O2S/c1-14-5-4-11-8(13)3-2-7-6-15-9(10)12-7/h6H,2-5H2,1H3,(H2,10,12)(H,11,13). The molecule has 0 radical (unpaired) electrons. The fraction of sp³-hybridized carbons (Fsp3) is 0.556. The predicted molar refractivity (Wildman–Crippen MR) is 59.7 cm³/mol. The van der Waals surface area contributed by atoms with Crippen molar-refractivity contribution in [2.45, 2.75) is 12.8 Å². The quantitative estimate of drug-likeness (QED) is 0.693.